The first kappa shape index (κ1) is 32.3. The third kappa shape index (κ3) is 8.46. The Morgan fingerprint density at radius 1 is 0.884 bits per heavy atom. The molecule has 0 spiro atoms. The van der Waals surface area contributed by atoms with Gasteiger partial charge in [-0.2, -0.15) is 0 Å². The molecule has 7 nitrogen and oxygen atoms in total. The fourth-order valence-corrected chi connectivity index (χ4v) is 6.71. The zero-order chi connectivity index (χ0) is 31.0. The van der Waals surface area contributed by atoms with Gasteiger partial charge in [0.05, 0.1) is 10.6 Å². The Balaban J connectivity index is 1.80. The molecule has 10 heteroatoms. The number of sulfonamides is 1. The predicted octanol–water partition coefficient (Wildman–Crippen LogP) is 6.38. The van der Waals surface area contributed by atoms with Crippen LogP contribution in [0.4, 0.5) is 5.69 Å². The Morgan fingerprint density at radius 2 is 1.56 bits per heavy atom. The summed E-state index contributed by atoms with van der Waals surface area (Å²) in [6, 6.07) is 28.8. The summed E-state index contributed by atoms with van der Waals surface area (Å²) in [5, 5.41) is 3.18. The fourth-order valence-electron chi connectivity index (χ4n) is 4.68. The molecule has 0 radical (unpaired) electrons. The van der Waals surface area contributed by atoms with Gasteiger partial charge in [0.25, 0.3) is 10.0 Å². The van der Waals surface area contributed by atoms with E-state index in [0.29, 0.717) is 11.6 Å². The highest BCUT2D eigenvalue weighted by Crippen LogP contribution is 2.27. The number of benzene rings is 4. The number of hydrogen-bond donors (Lipinski definition) is 1. The Kier molecular flexibility index (Phi) is 11.0. The van der Waals surface area contributed by atoms with Crippen molar-refractivity contribution in [2.45, 2.75) is 37.8 Å². The van der Waals surface area contributed by atoms with E-state index in [1.807, 2.05) is 68.4 Å². The van der Waals surface area contributed by atoms with Gasteiger partial charge in [-0.3, -0.25) is 13.9 Å². The third-order valence-electron chi connectivity index (χ3n) is 6.85. The number of likely N-dealkylation sites (N-methyl/N-ethyl adjacent to an activating group) is 1. The summed E-state index contributed by atoms with van der Waals surface area (Å²) in [4.78, 5) is 29.4. The number of amides is 2. The van der Waals surface area contributed by atoms with Crippen LogP contribution in [0, 0.1) is 6.92 Å². The average Bonchev–Trinajstić information content (AvgIpc) is 2.98. The topological polar surface area (TPSA) is 86.8 Å². The van der Waals surface area contributed by atoms with E-state index in [1.54, 1.807) is 30.3 Å². The first-order valence-corrected chi connectivity index (χ1v) is 16.4. The van der Waals surface area contributed by atoms with E-state index in [4.69, 9.17) is 11.6 Å². The van der Waals surface area contributed by atoms with Gasteiger partial charge in [0.2, 0.25) is 11.8 Å². The normalized spacial score (nSPS) is 11.9. The number of aryl methyl sites for hydroxylation is 1. The second kappa shape index (κ2) is 14.7. The maximum Gasteiger partial charge on any atom is 0.264 e. The molecule has 43 heavy (non-hydrogen) atoms. The van der Waals surface area contributed by atoms with E-state index in [0.717, 1.165) is 25.5 Å². The van der Waals surface area contributed by atoms with E-state index >= 15 is 0 Å². The lowest BCUT2D eigenvalue weighted by Gasteiger charge is -2.34. The van der Waals surface area contributed by atoms with Crippen molar-refractivity contribution in [1.29, 1.82) is 0 Å². The number of anilines is 1. The number of carbonyl (C=O) groups excluding carboxylic acids is 2. The van der Waals surface area contributed by atoms with Crippen LogP contribution in [0.15, 0.2) is 112 Å². The maximum atomic E-state index is 14.4. The molecule has 2 amide bonds. The molecule has 0 aromatic heterocycles. The highest BCUT2D eigenvalue weighted by Gasteiger charge is 2.34. The van der Waals surface area contributed by atoms with Gasteiger partial charge < -0.3 is 10.2 Å². The molecule has 0 saturated carbocycles. The molecular formula is C33H33BrClN3O4S. The zero-order valence-corrected chi connectivity index (χ0v) is 27.1. The second-order valence-corrected chi connectivity index (χ2v) is 13.3. The SMILES string of the molecule is CCNC(=O)[C@H](Cc1ccccc1)N(Cc1cccc(Br)c1)C(=O)CN(c1cccc(Cl)c1)S(=O)(=O)c1ccc(C)cc1. The standard InChI is InChI=1S/C33H33BrClN3O4S/c1-3-36-33(40)31(20-25-9-5-4-6-10-25)37(22-26-11-7-12-27(34)19-26)32(39)23-38(29-14-8-13-28(35)21-29)43(41,42)30-17-15-24(2)16-18-30/h4-19,21,31H,3,20,22-23H2,1-2H3,(H,36,40)/t31-/m0/s1. The minimum Gasteiger partial charge on any atom is -0.355 e. The Labute approximate surface area is 266 Å². The first-order valence-electron chi connectivity index (χ1n) is 13.8. The van der Waals surface area contributed by atoms with Crippen LogP contribution in [0.1, 0.15) is 23.6 Å². The minimum absolute atomic E-state index is 0.0361. The number of nitrogens with zero attached hydrogens (tertiary/aromatic N) is 2. The van der Waals surface area contributed by atoms with Crippen LogP contribution < -0.4 is 9.62 Å². The fraction of sp³-hybridized carbons (Fsp3) is 0.212. The largest absolute Gasteiger partial charge is 0.355 e. The van der Waals surface area contributed by atoms with Crippen LogP contribution in [0.2, 0.25) is 5.02 Å². The molecule has 0 aliphatic rings. The Morgan fingerprint density at radius 3 is 2.21 bits per heavy atom. The quantitative estimate of drug-likeness (QED) is 0.188. The highest BCUT2D eigenvalue weighted by atomic mass is 79.9. The van der Waals surface area contributed by atoms with Crippen molar-refractivity contribution in [1.82, 2.24) is 10.2 Å². The van der Waals surface area contributed by atoms with Crippen LogP contribution >= 0.6 is 27.5 Å². The lowest BCUT2D eigenvalue weighted by Crippen LogP contribution is -2.53. The van der Waals surface area contributed by atoms with Gasteiger partial charge >= 0.3 is 0 Å². The van der Waals surface area contributed by atoms with Gasteiger partial charge in [-0.1, -0.05) is 93.8 Å². The number of halogens is 2. The molecule has 0 fully saturated rings. The second-order valence-electron chi connectivity index (χ2n) is 10.1. The monoisotopic (exact) mass is 681 g/mol. The molecule has 1 N–H and O–H groups in total. The molecule has 1 atom stereocenters. The highest BCUT2D eigenvalue weighted by molar-refractivity contribution is 9.10. The first-order chi connectivity index (χ1) is 20.6. The van der Waals surface area contributed by atoms with E-state index < -0.39 is 28.5 Å². The Bertz CT molecular complexity index is 1670. The van der Waals surface area contributed by atoms with Crippen molar-refractivity contribution < 1.29 is 18.0 Å². The van der Waals surface area contributed by atoms with Gasteiger partial charge in [-0.25, -0.2) is 8.42 Å². The van der Waals surface area contributed by atoms with Crippen LogP contribution in [0.3, 0.4) is 0 Å². The number of hydrogen-bond acceptors (Lipinski definition) is 4. The summed E-state index contributed by atoms with van der Waals surface area (Å²) in [5.41, 5.74) is 2.78. The average molecular weight is 683 g/mol. The van der Waals surface area contributed by atoms with Crippen LogP contribution in [0.5, 0.6) is 0 Å². The lowest BCUT2D eigenvalue weighted by molar-refractivity contribution is -0.140. The summed E-state index contributed by atoms with van der Waals surface area (Å²) in [6.07, 6.45) is 0.244. The van der Waals surface area contributed by atoms with Gasteiger partial charge in [-0.05, 0) is 67.4 Å². The number of carbonyl (C=O) groups is 2. The summed E-state index contributed by atoms with van der Waals surface area (Å²) >= 11 is 9.76. The molecule has 4 aromatic carbocycles. The lowest BCUT2D eigenvalue weighted by atomic mass is 10.0. The molecule has 0 unspecified atom stereocenters. The molecule has 0 aliphatic heterocycles. The predicted molar refractivity (Wildman–Crippen MR) is 174 cm³/mol. The zero-order valence-electron chi connectivity index (χ0n) is 23.9. The van der Waals surface area contributed by atoms with Crippen LogP contribution in [0.25, 0.3) is 0 Å². The molecular weight excluding hydrogens is 650 g/mol. The van der Waals surface area contributed by atoms with Gasteiger partial charge in [0.15, 0.2) is 0 Å². The van der Waals surface area contributed by atoms with Crippen molar-refractivity contribution in [3.63, 3.8) is 0 Å². The van der Waals surface area contributed by atoms with Gasteiger partial charge in [0, 0.05) is 29.0 Å². The summed E-state index contributed by atoms with van der Waals surface area (Å²) in [6.45, 7) is 3.59. The number of rotatable bonds is 12. The van der Waals surface area contributed by atoms with Gasteiger partial charge in [-0.15, -0.1) is 0 Å². The molecule has 4 rings (SSSR count). The van der Waals surface area contributed by atoms with Crippen molar-refractivity contribution >= 4 is 55.1 Å². The molecule has 0 aliphatic carbocycles. The summed E-state index contributed by atoms with van der Waals surface area (Å²) in [5.74, 6) is -0.867. The van der Waals surface area contributed by atoms with E-state index in [2.05, 4.69) is 21.2 Å². The van der Waals surface area contributed by atoms with Crippen molar-refractivity contribution in [3.05, 3.63) is 129 Å². The van der Waals surface area contributed by atoms with Crippen LogP contribution in [-0.4, -0.2) is 44.3 Å². The molecule has 224 valence electrons. The van der Waals surface area contributed by atoms with E-state index in [1.165, 1.54) is 23.1 Å². The molecule has 4 aromatic rings. The van der Waals surface area contributed by atoms with E-state index in [9.17, 15) is 18.0 Å². The van der Waals surface area contributed by atoms with Crippen molar-refractivity contribution in [3.8, 4) is 0 Å². The molecule has 0 bridgehead atoms. The van der Waals surface area contributed by atoms with E-state index in [-0.39, 0.29) is 29.5 Å². The molecule has 0 saturated heterocycles. The summed E-state index contributed by atoms with van der Waals surface area (Å²) < 4.78 is 30.0. The maximum absolute atomic E-state index is 14.4. The van der Waals surface area contributed by atoms with Crippen LogP contribution in [-0.2, 0) is 32.6 Å². The van der Waals surface area contributed by atoms with Crippen molar-refractivity contribution in [2.75, 3.05) is 17.4 Å². The molecule has 0 heterocycles. The van der Waals surface area contributed by atoms with Crippen molar-refractivity contribution in [2.24, 2.45) is 0 Å². The van der Waals surface area contributed by atoms with Gasteiger partial charge in [0.1, 0.15) is 12.6 Å². The minimum atomic E-state index is -4.19. The smallest absolute Gasteiger partial charge is 0.264 e. The third-order valence-corrected chi connectivity index (χ3v) is 9.36. The Hall–Kier alpha value is -3.66. The number of nitrogens with one attached hydrogen (secondary N) is 1. The summed E-state index contributed by atoms with van der Waals surface area (Å²) in [7, 11) is -4.19.